The Kier molecular flexibility index (Phi) is 34.3. The van der Waals surface area contributed by atoms with Crippen LogP contribution in [0.25, 0.3) is 0 Å². The molecule has 4 heteroatoms. The number of halogens is 2. The van der Waals surface area contributed by atoms with Crippen molar-refractivity contribution in [3.8, 4) is 0 Å². The van der Waals surface area contributed by atoms with Gasteiger partial charge in [0.2, 0.25) is 5.82 Å². The summed E-state index contributed by atoms with van der Waals surface area (Å²) in [4.78, 5) is 0.929. The first-order chi connectivity index (χ1) is 23.8. The van der Waals surface area contributed by atoms with Crippen LogP contribution in [0.15, 0.2) is 18.2 Å². The average Bonchev–Trinajstić information content (AvgIpc) is 3.09. The molecule has 0 bridgehead atoms. The Labute approximate surface area is 310 Å². The minimum Gasteiger partial charge on any atom is -0.302 e. The van der Waals surface area contributed by atoms with Gasteiger partial charge in [0.25, 0.3) is 0 Å². The Morgan fingerprint density at radius 1 is 0.510 bits per heavy atom. The largest absolute Gasteiger partial charge is 0.302 e. The molecule has 0 radical (unpaired) electrons. The van der Waals surface area contributed by atoms with Gasteiger partial charge in [-0.15, -0.1) is 0 Å². The van der Waals surface area contributed by atoms with Gasteiger partial charge in [-0.3, -0.25) is 0 Å². The topological polar surface area (TPSA) is 4.44 Å². The summed E-state index contributed by atoms with van der Waals surface area (Å²) in [6.07, 6.45) is 38.0. The highest BCUT2D eigenvalue weighted by atomic mass is 27.2. The number of hydrogen-bond donors (Lipinski definition) is 1. The fraction of sp³-hybridized carbons (Fsp3) is 0.867. The molecule has 1 aromatic carbocycles. The monoisotopic (exact) mass is 708 g/mol. The van der Waals surface area contributed by atoms with Crippen molar-refractivity contribution in [3.05, 3.63) is 29.8 Å². The predicted molar refractivity (Wildman–Crippen MR) is 220 cm³/mol. The molecule has 2 unspecified atom stereocenters. The van der Waals surface area contributed by atoms with Gasteiger partial charge in [0.15, 0.2) is 11.5 Å². The van der Waals surface area contributed by atoms with E-state index in [0.717, 1.165) is 30.4 Å². The van der Waals surface area contributed by atoms with Crippen LogP contribution in [0.1, 0.15) is 208 Å². The zero-order valence-electron chi connectivity index (χ0n) is 34.6. The molecule has 1 N–H and O–H groups in total. The minimum absolute atomic E-state index is 0.419. The van der Waals surface area contributed by atoms with Crippen LogP contribution in [-0.4, -0.2) is 26.7 Å². The van der Waals surface area contributed by atoms with Crippen molar-refractivity contribution in [1.29, 1.82) is 0 Å². The third-order valence-electron chi connectivity index (χ3n) is 11.5. The van der Waals surface area contributed by atoms with Gasteiger partial charge >= 0.3 is 0 Å². The molecule has 0 saturated carbocycles. The highest BCUT2D eigenvalue weighted by molar-refractivity contribution is 6.79. The number of rotatable bonds is 33. The molecule has 0 amide bonds. The van der Waals surface area contributed by atoms with E-state index < -0.39 is 24.7 Å². The van der Waals surface area contributed by atoms with Crippen LogP contribution in [0.2, 0.25) is 21.1 Å². The number of nitrogens with one attached hydrogen (secondary N) is 1. The number of unbranched alkanes of at least 4 members (excludes halogenated alkanes) is 20. The minimum atomic E-state index is -1.42. The third kappa shape index (κ3) is 26.9. The molecule has 2 atom stereocenters. The fourth-order valence-electron chi connectivity index (χ4n) is 8.36. The van der Waals surface area contributed by atoms with E-state index >= 15 is 0 Å². The van der Waals surface area contributed by atoms with Gasteiger partial charge in [-0.25, -0.2) is 4.39 Å². The first-order valence-electron chi connectivity index (χ1n) is 22.3. The van der Waals surface area contributed by atoms with Crippen LogP contribution < -0.4 is 4.90 Å². The summed E-state index contributed by atoms with van der Waals surface area (Å²) in [6, 6.07) is 4.36. The normalized spacial score (nSPS) is 12.9. The Balaban J connectivity index is 0.00000119. The number of quaternary nitrogens is 1. The smallest absolute Gasteiger partial charge is 0.219 e. The van der Waals surface area contributed by atoms with Crippen LogP contribution in [0, 0.1) is 17.6 Å². The van der Waals surface area contributed by atoms with E-state index in [-0.39, 0.29) is 0 Å². The summed E-state index contributed by atoms with van der Waals surface area (Å²) in [6.45, 7) is 14.5. The van der Waals surface area contributed by atoms with Crippen molar-refractivity contribution in [2.24, 2.45) is 5.92 Å². The second-order valence-electron chi connectivity index (χ2n) is 16.4. The summed E-state index contributed by atoms with van der Waals surface area (Å²) < 4.78 is 26.5. The van der Waals surface area contributed by atoms with E-state index in [1.165, 1.54) is 128 Å². The van der Waals surface area contributed by atoms with Crippen molar-refractivity contribution < 1.29 is 13.7 Å². The zero-order chi connectivity index (χ0) is 36.4. The van der Waals surface area contributed by atoms with E-state index in [9.17, 15) is 8.78 Å². The van der Waals surface area contributed by atoms with E-state index in [1.54, 1.807) is 58.9 Å². The molecule has 0 aliphatic heterocycles. The highest BCUT2D eigenvalue weighted by Crippen LogP contribution is 2.35. The van der Waals surface area contributed by atoms with E-state index in [2.05, 4.69) is 41.5 Å². The fourth-order valence-corrected chi connectivity index (χ4v) is 14.7. The van der Waals surface area contributed by atoms with E-state index in [1.807, 2.05) is 7.05 Å². The molecule has 1 aromatic rings. The van der Waals surface area contributed by atoms with Crippen LogP contribution in [-0.2, 0) is 0 Å². The standard InChI is InChI=1S/C13H19F2N.4C8H17.Al/c1-4-6-10(2)9-16(3)12-8-5-7-11(14)13(12)15;4*1-3-5-7-8-6-4-2;/h5,7-8,10H,4,6,9H2,1-3H3;4*1,3-8H2,2H3;/q;;;;;-1/p+1. The lowest BCUT2D eigenvalue weighted by Gasteiger charge is -2.37. The predicted octanol–water partition coefficient (Wildman–Crippen LogP) is 15.4. The zero-order valence-corrected chi connectivity index (χ0v) is 35.7. The molecule has 0 aliphatic carbocycles. The molecule has 49 heavy (non-hydrogen) atoms. The maximum atomic E-state index is 13.5. The lowest BCUT2D eigenvalue weighted by Crippen LogP contribution is -3.05. The number of hydrogen-bond acceptors (Lipinski definition) is 0. The summed E-state index contributed by atoms with van der Waals surface area (Å²) in [5, 5.41) is 6.83. The van der Waals surface area contributed by atoms with Gasteiger partial charge in [0.05, 0.1) is 13.6 Å². The molecule has 1 rings (SSSR count). The molecular formula is C45H88AlF2N. The summed E-state index contributed by atoms with van der Waals surface area (Å²) in [5.74, 6) is -0.962. The van der Waals surface area contributed by atoms with Gasteiger partial charge in [0, 0.05) is 12.0 Å². The van der Waals surface area contributed by atoms with Gasteiger partial charge < -0.3 is 4.90 Å². The third-order valence-corrected chi connectivity index (χ3v) is 18.1. The Morgan fingerprint density at radius 3 is 1.20 bits per heavy atom. The summed E-state index contributed by atoms with van der Waals surface area (Å²) in [5.41, 5.74) is 0.419. The molecular weight excluding hydrogens is 619 g/mol. The van der Waals surface area contributed by atoms with E-state index in [4.69, 9.17) is 0 Å². The van der Waals surface area contributed by atoms with Crippen molar-refractivity contribution in [3.63, 3.8) is 0 Å². The highest BCUT2D eigenvalue weighted by Gasteiger charge is 2.27. The Morgan fingerprint density at radius 2 is 0.857 bits per heavy atom. The van der Waals surface area contributed by atoms with Crippen molar-refractivity contribution >= 4 is 18.8 Å². The molecule has 0 aliphatic rings. The van der Waals surface area contributed by atoms with Crippen LogP contribution in [0.4, 0.5) is 14.5 Å². The first-order valence-corrected chi connectivity index (χ1v) is 25.6. The van der Waals surface area contributed by atoms with Crippen molar-refractivity contribution in [1.82, 2.24) is 0 Å². The molecule has 290 valence electrons. The molecule has 0 spiro atoms. The average molecular weight is 708 g/mol. The second-order valence-corrected chi connectivity index (χ2v) is 22.2. The van der Waals surface area contributed by atoms with Gasteiger partial charge in [0.1, 0.15) is 13.1 Å². The van der Waals surface area contributed by atoms with E-state index in [0.29, 0.717) is 11.6 Å². The summed E-state index contributed by atoms with van der Waals surface area (Å²) in [7, 11) is 1.88. The molecule has 1 nitrogen and oxygen atoms in total. The maximum absolute atomic E-state index is 13.5. The van der Waals surface area contributed by atoms with Gasteiger partial charge in [-0.2, -0.15) is 25.5 Å². The maximum Gasteiger partial charge on any atom is 0.219 e. The second kappa shape index (κ2) is 34.6. The molecule has 0 fully saturated rings. The Hall–Kier alpha value is -0.428. The lowest BCUT2D eigenvalue weighted by molar-refractivity contribution is -0.815. The quantitative estimate of drug-likeness (QED) is 0.0548. The lowest BCUT2D eigenvalue weighted by atomic mass is 10.1. The van der Waals surface area contributed by atoms with Gasteiger partial charge in [-0.05, 0) is 12.5 Å². The van der Waals surface area contributed by atoms with Crippen molar-refractivity contribution in [2.45, 2.75) is 230 Å². The summed E-state index contributed by atoms with van der Waals surface area (Å²) >= 11 is -1.42. The van der Waals surface area contributed by atoms with Crippen LogP contribution in [0.5, 0.6) is 0 Å². The van der Waals surface area contributed by atoms with Crippen LogP contribution in [0.3, 0.4) is 0 Å². The first kappa shape index (κ1) is 48.6. The van der Waals surface area contributed by atoms with Crippen molar-refractivity contribution in [2.75, 3.05) is 13.6 Å². The molecule has 0 heterocycles. The Bertz CT molecular complexity index is 761. The van der Waals surface area contributed by atoms with Gasteiger partial charge in [-0.1, -0.05) is 208 Å². The van der Waals surface area contributed by atoms with Crippen LogP contribution >= 0.6 is 0 Å². The SMILES string of the molecule is CCCC(C)C[NH+](C)c1cccc(F)c1F.CCCCCCC[CH2][Al-]([CH2]CCCCCCC)([CH2]CCCCCCC)[CH2]CCCCCCC. The molecule has 0 saturated heterocycles. The molecule has 0 aromatic heterocycles. The number of benzene rings is 1.